The normalized spacial score (nSPS) is 21.3. The Balaban J connectivity index is 2.64. The molecule has 1 saturated heterocycles. The maximum atomic E-state index is 11.8. The monoisotopic (exact) mass is 215 g/mol. The van der Waals surface area contributed by atoms with Crippen LogP contribution in [0.4, 0.5) is 0 Å². The van der Waals surface area contributed by atoms with Gasteiger partial charge in [-0.15, -0.1) is 0 Å². The first-order valence-corrected chi connectivity index (χ1v) is 5.40. The molecule has 0 atom stereocenters. The van der Waals surface area contributed by atoms with Crippen molar-refractivity contribution in [2.45, 2.75) is 19.3 Å². The van der Waals surface area contributed by atoms with Gasteiger partial charge in [0, 0.05) is 13.7 Å². The molecule has 0 spiro atoms. The topological polar surface area (TPSA) is 38.8 Å². The lowest BCUT2D eigenvalue weighted by atomic mass is 9.76. The van der Waals surface area contributed by atoms with Crippen molar-refractivity contribution in [1.82, 2.24) is 4.90 Å². The van der Waals surface area contributed by atoms with Gasteiger partial charge >= 0.3 is 5.97 Å². The van der Waals surface area contributed by atoms with Gasteiger partial charge in [0.05, 0.1) is 12.5 Å². The summed E-state index contributed by atoms with van der Waals surface area (Å²) in [5.74, 6) is -0.0762. The number of methoxy groups -OCH3 is 2. The molecule has 0 radical (unpaired) electrons. The van der Waals surface area contributed by atoms with Crippen LogP contribution in [-0.2, 0) is 14.3 Å². The van der Waals surface area contributed by atoms with Crippen molar-refractivity contribution in [2.24, 2.45) is 5.41 Å². The van der Waals surface area contributed by atoms with E-state index in [-0.39, 0.29) is 11.4 Å². The lowest BCUT2D eigenvalue weighted by Gasteiger charge is -2.38. The molecule has 0 aromatic heterocycles. The first-order chi connectivity index (χ1) is 7.14. The second-order valence-corrected chi connectivity index (χ2v) is 4.32. The molecule has 0 bridgehead atoms. The van der Waals surface area contributed by atoms with Gasteiger partial charge in [-0.3, -0.25) is 4.79 Å². The zero-order valence-electron chi connectivity index (χ0n) is 9.91. The summed E-state index contributed by atoms with van der Waals surface area (Å²) in [5, 5.41) is 0. The third kappa shape index (κ3) is 2.92. The summed E-state index contributed by atoms with van der Waals surface area (Å²) in [7, 11) is 5.21. The number of hydrogen-bond donors (Lipinski definition) is 0. The average Bonchev–Trinajstić information content (AvgIpc) is 2.28. The van der Waals surface area contributed by atoms with E-state index in [9.17, 15) is 4.79 Å². The summed E-state index contributed by atoms with van der Waals surface area (Å²) in [4.78, 5) is 14.0. The number of ether oxygens (including phenoxy) is 2. The highest BCUT2D eigenvalue weighted by Gasteiger charge is 2.41. The molecule has 1 aliphatic heterocycles. The first kappa shape index (κ1) is 12.5. The van der Waals surface area contributed by atoms with E-state index in [0.717, 1.165) is 32.4 Å². The fourth-order valence-electron chi connectivity index (χ4n) is 2.12. The maximum Gasteiger partial charge on any atom is 0.311 e. The van der Waals surface area contributed by atoms with E-state index in [1.54, 1.807) is 7.11 Å². The Hall–Kier alpha value is -0.610. The Labute approximate surface area is 91.5 Å². The molecule has 1 fully saturated rings. The average molecular weight is 215 g/mol. The predicted molar refractivity (Wildman–Crippen MR) is 57.7 cm³/mol. The standard InChI is InChI=1S/C11H21NO3/c1-12-7-4-11(5-8-12,6-9-14-2)10(13)15-3/h4-9H2,1-3H3. The second kappa shape index (κ2) is 5.47. The summed E-state index contributed by atoms with van der Waals surface area (Å²) in [6.07, 6.45) is 2.52. The summed E-state index contributed by atoms with van der Waals surface area (Å²) in [6.45, 7) is 2.54. The van der Waals surface area contributed by atoms with Crippen LogP contribution in [0.1, 0.15) is 19.3 Å². The maximum absolute atomic E-state index is 11.8. The van der Waals surface area contributed by atoms with Gasteiger partial charge in [0.15, 0.2) is 0 Å². The summed E-state index contributed by atoms with van der Waals surface area (Å²) < 4.78 is 9.98. The van der Waals surface area contributed by atoms with Crippen molar-refractivity contribution in [1.29, 1.82) is 0 Å². The highest BCUT2D eigenvalue weighted by molar-refractivity contribution is 5.76. The number of piperidine rings is 1. The third-order valence-corrected chi connectivity index (χ3v) is 3.35. The van der Waals surface area contributed by atoms with E-state index >= 15 is 0 Å². The Morgan fingerprint density at radius 1 is 1.33 bits per heavy atom. The van der Waals surface area contributed by atoms with Crippen LogP contribution in [-0.4, -0.2) is 51.8 Å². The van der Waals surface area contributed by atoms with Crippen molar-refractivity contribution in [3.8, 4) is 0 Å². The molecule has 1 heterocycles. The van der Waals surface area contributed by atoms with Gasteiger partial charge in [0.2, 0.25) is 0 Å². The van der Waals surface area contributed by atoms with Crippen LogP contribution in [0.2, 0.25) is 0 Å². The van der Waals surface area contributed by atoms with Gasteiger partial charge in [-0.05, 0) is 39.4 Å². The summed E-state index contributed by atoms with van der Waals surface area (Å²) in [5.41, 5.74) is -0.308. The number of rotatable bonds is 4. The quantitative estimate of drug-likeness (QED) is 0.653. The zero-order valence-corrected chi connectivity index (χ0v) is 9.91. The van der Waals surface area contributed by atoms with Gasteiger partial charge in [0.25, 0.3) is 0 Å². The van der Waals surface area contributed by atoms with Crippen LogP contribution in [0.25, 0.3) is 0 Å². The number of nitrogens with zero attached hydrogens (tertiary/aromatic N) is 1. The van der Waals surface area contributed by atoms with E-state index < -0.39 is 0 Å². The van der Waals surface area contributed by atoms with E-state index in [1.165, 1.54) is 7.11 Å². The Kier molecular flexibility index (Phi) is 4.54. The van der Waals surface area contributed by atoms with Gasteiger partial charge in [-0.25, -0.2) is 0 Å². The van der Waals surface area contributed by atoms with Gasteiger partial charge in [-0.2, -0.15) is 0 Å². The fourth-order valence-corrected chi connectivity index (χ4v) is 2.12. The van der Waals surface area contributed by atoms with Crippen LogP contribution in [0.3, 0.4) is 0 Å². The highest BCUT2D eigenvalue weighted by Crippen LogP contribution is 2.35. The molecular weight excluding hydrogens is 194 g/mol. The number of esters is 1. The van der Waals surface area contributed by atoms with E-state index in [0.29, 0.717) is 6.61 Å². The van der Waals surface area contributed by atoms with Crippen LogP contribution < -0.4 is 0 Å². The molecule has 0 aromatic rings. The molecule has 0 unspecified atom stereocenters. The molecule has 4 nitrogen and oxygen atoms in total. The molecule has 88 valence electrons. The Morgan fingerprint density at radius 3 is 2.40 bits per heavy atom. The van der Waals surface area contributed by atoms with Crippen LogP contribution in [0.15, 0.2) is 0 Å². The molecule has 15 heavy (non-hydrogen) atoms. The lowest BCUT2D eigenvalue weighted by molar-refractivity contribution is -0.157. The van der Waals surface area contributed by atoms with E-state index in [1.807, 2.05) is 0 Å². The lowest BCUT2D eigenvalue weighted by Crippen LogP contribution is -2.44. The minimum Gasteiger partial charge on any atom is -0.469 e. The molecule has 0 amide bonds. The SMILES string of the molecule is COCCC1(C(=O)OC)CCN(C)CC1. The minimum absolute atomic E-state index is 0.0762. The first-order valence-electron chi connectivity index (χ1n) is 5.40. The van der Waals surface area contributed by atoms with Gasteiger partial charge in [-0.1, -0.05) is 0 Å². The van der Waals surface area contributed by atoms with Gasteiger partial charge < -0.3 is 14.4 Å². The molecule has 0 saturated carbocycles. The number of carbonyl (C=O) groups is 1. The van der Waals surface area contributed by atoms with Crippen molar-refractivity contribution >= 4 is 5.97 Å². The smallest absolute Gasteiger partial charge is 0.311 e. The minimum atomic E-state index is -0.308. The molecule has 0 aromatic carbocycles. The molecular formula is C11H21NO3. The number of carbonyl (C=O) groups excluding carboxylic acids is 1. The molecule has 0 N–H and O–H groups in total. The predicted octanol–water partition coefficient (Wildman–Crippen LogP) is 0.908. The fraction of sp³-hybridized carbons (Fsp3) is 0.909. The van der Waals surface area contributed by atoms with E-state index in [4.69, 9.17) is 9.47 Å². The van der Waals surface area contributed by atoms with Crippen molar-refractivity contribution < 1.29 is 14.3 Å². The van der Waals surface area contributed by atoms with Gasteiger partial charge in [0.1, 0.15) is 0 Å². The van der Waals surface area contributed by atoms with Crippen molar-refractivity contribution in [3.05, 3.63) is 0 Å². The van der Waals surface area contributed by atoms with E-state index in [2.05, 4.69) is 11.9 Å². The number of likely N-dealkylation sites (tertiary alicyclic amines) is 1. The van der Waals surface area contributed by atoms with Crippen LogP contribution in [0.5, 0.6) is 0 Å². The molecule has 4 heteroatoms. The zero-order chi connectivity index (χ0) is 11.3. The highest BCUT2D eigenvalue weighted by atomic mass is 16.5. The van der Waals surface area contributed by atoms with Crippen molar-refractivity contribution in [2.75, 3.05) is 41.0 Å². The number of hydrogen-bond acceptors (Lipinski definition) is 4. The van der Waals surface area contributed by atoms with Crippen molar-refractivity contribution in [3.63, 3.8) is 0 Å². The largest absolute Gasteiger partial charge is 0.469 e. The molecule has 0 aliphatic carbocycles. The molecule has 1 rings (SSSR count). The Bertz CT molecular complexity index is 204. The summed E-state index contributed by atoms with van der Waals surface area (Å²) in [6, 6.07) is 0. The van der Waals surface area contributed by atoms with Crippen LogP contribution in [0, 0.1) is 5.41 Å². The third-order valence-electron chi connectivity index (χ3n) is 3.35. The second-order valence-electron chi connectivity index (χ2n) is 4.32. The summed E-state index contributed by atoms with van der Waals surface area (Å²) >= 11 is 0. The molecule has 1 aliphatic rings. The van der Waals surface area contributed by atoms with Crippen LogP contribution >= 0.6 is 0 Å². The Morgan fingerprint density at radius 2 is 1.93 bits per heavy atom.